The van der Waals surface area contributed by atoms with Crippen LogP contribution in [0.5, 0.6) is 11.5 Å². The first kappa shape index (κ1) is 16.1. The second-order valence-electron chi connectivity index (χ2n) is 5.31. The van der Waals surface area contributed by atoms with E-state index in [1.807, 2.05) is 6.92 Å². The van der Waals surface area contributed by atoms with Crippen molar-refractivity contribution in [2.45, 2.75) is 32.2 Å². The number of carboxylic acid groups (broad SMARTS) is 1. The highest BCUT2D eigenvalue weighted by Gasteiger charge is 2.34. The van der Waals surface area contributed by atoms with Crippen molar-refractivity contribution >= 4 is 11.9 Å². The van der Waals surface area contributed by atoms with E-state index in [1.165, 1.54) is 7.11 Å². The minimum atomic E-state index is -0.901. The molecule has 0 spiro atoms. The largest absolute Gasteiger partial charge is 0.493 e. The molecule has 1 amide bonds. The number of hydrogen-bond acceptors (Lipinski definition) is 4. The molecule has 1 fully saturated rings. The van der Waals surface area contributed by atoms with Crippen molar-refractivity contribution in [1.29, 1.82) is 0 Å². The zero-order valence-electron chi connectivity index (χ0n) is 12.8. The second kappa shape index (κ2) is 7.15. The molecule has 1 saturated carbocycles. The van der Waals surface area contributed by atoms with Crippen LogP contribution in [-0.4, -0.2) is 36.7 Å². The Morgan fingerprint density at radius 3 is 2.64 bits per heavy atom. The molecule has 0 unspecified atom stereocenters. The van der Waals surface area contributed by atoms with Crippen molar-refractivity contribution in [1.82, 2.24) is 5.32 Å². The summed E-state index contributed by atoms with van der Waals surface area (Å²) < 4.78 is 10.6. The Morgan fingerprint density at radius 1 is 1.36 bits per heavy atom. The molecular formula is C16H21NO5. The van der Waals surface area contributed by atoms with E-state index in [-0.39, 0.29) is 24.3 Å². The van der Waals surface area contributed by atoms with E-state index in [4.69, 9.17) is 14.6 Å². The lowest BCUT2D eigenvalue weighted by Crippen LogP contribution is -2.38. The summed E-state index contributed by atoms with van der Waals surface area (Å²) in [7, 11) is 1.51. The number of ether oxygens (including phenoxy) is 2. The Bertz CT molecular complexity index is 553. The lowest BCUT2D eigenvalue weighted by atomic mass is 10.1. The van der Waals surface area contributed by atoms with E-state index in [9.17, 15) is 9.59 Å². The van der Waals surface area contributed by atoms with E-state index in [1.54, 1.807) is 18.2 Å². The molecule has 0 aliphatic heterocycles. The van der Waals surface area contributed by atoms with Crippen molar-refractivity contribution in [2.75, 3.05) is 13.7 Å². The molecule has 6 nitrogen and oxygen atoms in total. The van der Waals surface area contributed by atoms with E-state index in [2.05, 4.69) is 5.32 Å². The van der Waals surface area contributed by atoms with Crippen LogP contribution < -0.4 is 14.8 Å². The molecule has 0 saturated heterocycles. The molecule has 1 atom stereocenters. The van der Waals surface area contributed by atoms with Crippen molar-refractivity contribution in [2.24, 2.45) is 5.92 Å². The molecule has 1 aromatic carbocycles. The summed E-state index contributed by atoms with van der Waals surface area (Å²) in [5.41, 5.74) is 0.427. The van der Waals surface area contributed by atoms with Crippen LogP contribution in [0.2, 0.25) is 0 Å². The Labute approximate surface area is 129 Å². The molecule has 6 heteroatoms. The van der Waals surface area contributed by atoms with Crippen LogP contribution in [0.3, 0.4) is 0 Å². The highest BCUT2D eigenvalue weighted by Crippen LogP contribution is 2.34. The van der Waals surface area contributed by atoms with Gasteiger partial charge < -0.3 is 19.9 Å². The van der Waals surface area contributed by atoms with Gasteiger partial charge in [-0.05, 0) is 43.9 Å². The monoisotopic (exact) mass is 307 g/mol. The predicted octanol–water partition coefficient (Wildman–Crippen LogP) is 2.08. The van der Waals surface area contributed by atoms with Crippen LogP contribution in [0.15, 0.2) is 18.2 Å². The second-order valence-corrected chi connectivity index (χ2v) is 5.31. The molecular weight excluding hydrogens is 286 g/mol. The Hall–Kier alpha value is -2.24. The molecule has 0 radical (unpaired) electrons. The Morgan fingerprint density at radius 2 is 2.09 bits per heavy atom. The van der Waals surface area contributed by atoms with Gasteiger partial charge in [-0.25, -0.2) is 0 Å². The third kappa shape index (κ3) is 4.13. The van der Waals surface area contributed by atoms with Crippen molar-refractivity contribution in [3.05, 3.63) is 23.8 Å². The summed E-state index contributed by atoms with van der Waals surface area (Å²) in [4.78, 5) is 23.2. The van der Waals surface area contributed by atoms with Gasteiger partial charge >= 0.3 is 5.97 Å². The third-order valence-corrected chi connectivity index (χ3v) is 3.63. The van der Waals surface area contributed by atoms with Gasteiger partial charge in [0.2, 0.25) is 0 Å². The van der Waals surface area contributed by atoms with E-state index >= 15 is 0 Å². The summed E-state index contributed by atoms with van der Waals surface area (Å²) in [6, 6.07) is 4.61. The third-order valence-electron chi connectivity index (χ3n) is 3.63. The maximum Gasteiger partial charge on any atom is 0.305 e. The smallest absolute Gasteiger partial charge is 0.305 e. The van der Waals surface area contributed by atoms with Crippen LogP contribution in [0.4, 0.5) is 0 Å². The molecule has 1 aromatic rings. The van der Waals surface area contributed by atoms with Crippen molar-refractivity contribution in [3.8, 4) is 11.5 Å². The number of methoxy groups -OCH3 is 1. The molecule has 1 aliphatic carbocycles. The zero-order valence-corrected chi connectivity index (χ0v) is 12.8. The predicted molar refractivity (Wildman–Crippen MR) is 80.4 cm³/mol. The highest BCUT2D eigenvalue weighted by molar-refractivity contribution is 5.95. The Kier molecular flexibility index (Phi) is 5.25. The van der Waals surface area contributed by atoms with Gasteiger partial charge in [0.15, 0.2) is 11.5 Å². The van der Waals surface area contributed by atoms with Gasteiger partial charge in [0.1, 0.15) is 0 Å². The number of benzene rings is 1. The summed E-state index contributed by atoms with van der Waals surface area (Å²) in [5, 5.41) is 11.7. The normalized spacial score (nSPS) is 15.0. The maximum atomic E-state index is 12.3. The fraction of sp³-hybridized carbons (Fsp3) is 0.500. The van der Waals surface area contributed by atoms with Gasteiger partial charge in [-0.3, -0.25) is 9.59 Å². The van der Waals surface area contributed by atoms with E-state index in [0.29, 0.717) is 23.7 Å². The van der Waals surface area contributed by atoms with Gasteiger partial charge in [0, 0.05) is 11.6 Å². The van der Waals surface area contributed by atoms with Crippen LogP contribution in [0, 0.1) is 5.92 Å². The SMILES string of the molecule is CCOc1ccc(C(=O)N[C@@H](CC(=O)O)C2CC2)cc1OC. The fourth-order valence-electron chi connectivity index (χ4n) is 2.36. The van der Waals surface area contributed by atoms with Gasteiger partial charge in [0.25, 0.3) is 5.91 Å². The molecule has 120 valence electrons. The van der Waals surface area contributed by atoms with Gasteiger partial charge in [-0.15, -0.1) is 0 Å². The van der Waals surface area contributed by atoms with Crippen LogP contribution in [0.25, 0.3) is 0 Å². The van der Waals surface area contributed by atoms with Crippen molar-refractivity contribution in [3.63, 3.8) is 0 Å². The lowest BCUT2D eigenvalue weighted by Gasteiger charge is -2.17. The first-order chi connectivity index (χ1) is 10.5. The fourth-order valence-corrected chi connectivity index (χ4v) is 2.36. The number of rotatable bonds is 8. The minimum absolute atomic E-state index is 0.0510. The number of amides is 1. The molecule has 1 aliphatic rings. The average molecular weight is 307 g/mol. The van der Waals surface area contributed by atoms with Gasteiger partial charge in [-0.1, -0.05) is 0 Å². The zero-order chi connectivity index (χ0) is 16.1. The first-order valence-electron chi connectivity index (χ1n) is 7.38. The van der Waals surface area contributed by atoms with Crippen LogP contribution >= 0.6 is 0 Å². The summed E-state index contributed by atoms with van der Waals surface area (Å²) in [6.45, 7) is 2.37. The summed E-state index contributed by atoms with van der Waals surface area (Å²) >= 11 is 0. The van der Waals surface area contributed by atoms with Gasteiger partial charge in [-0.2, -0.15) is 0 Å². The maximum absolute atomic E-state index is 12.3. The number of carbonyl (C=O) groups excluding carboxylic acids is 1. The average Bonchev–Trinajstić information content (AvgIpc) is 3.31. The number of aliphatic carboxylic acids is 1. The topological polar surface area (TPSA) is 84.9 Å². The summed E-state index contributed by atoms with van der Waals surface area (Å²) in [5.74, 6) is 0.132. The van der Waals surface area contributed by atoms with E-state index < -0.39 is 5.97 Å². The molecule has 0 heterocycles. The summed E-state index contributed by atoms with van der Waals surface area (Å²) in [6.07, 6.45) is 1.88. The van der Waals surface area contributed by atoms with Crippen LogP contribution in [-0.2, 0) is 4.79 Å². The first-order valence-corrected chi connectivity index (χ1v) is 7.38. The lowest BCUT2D eigenvalue weighted by molar-refractivity contribution is -0.137. The molecule has 2 rings (SSSR count). The standard InChI is InChI=1S/C16H21NO5/c1-3-22-13-7-6-11(8-14(13)21-2)16(20)17-12(9-15(18)19)10-4-5-10/h6-8,10,12H,3-5,9H2,1-2H3,(H,17,20)(H,18,19)/t12-/m0/s1. The van der Waals surface area contributed by atoms with Gasteiger partial charge in [0.05, 0.1) is 20.1 Å². The highest BCUT2D eigenvalue weighted by atomic mass is 16.5. The number of nitrogens with one attached hydrogen (secondary N) is 1. The molecule has 0 aromatic heterocycles. The number of carbonyl (C=O) groups is 2. The quantitative estimate of drug-likeness (QED) is 0.768. The van der Waals surface area contributed by atoms with E-state index in [0.717, 1.165) is 12.8 Å². The minimum Gasteiger partial charge on any atom is -0.493 e. The molecule has 22 heavy (non-hydrogen) atoms. The molecule has 0 bridgehead atoms. The van der Waals surface area contributed by atoms with Crippen LogP contribution in [0.1, 0.15) is 36.5 Å². The molecule has 2 N–H and O–H groups in total. The van der Waals surface area contributed by atoms with Crippen molar-refractivity contribution < 1.29 is 24.2 Å². The number of carboxylic acids is 1. The number of hydrogen-bond donors (Lipinski definition) is 2. The Balaban J connectivity index is 2.09.